The fourth-order valence-corrected chi connectivity index (χ4v) is 1.24. The number of aryl methyl sites for hydroxylation is 1. The van der Waals surface area contributed by atoms with E-state index in [0.29, 0.717) is 6.54 Å². The summed E-state index contributed by atoms with van der Waals surface area (Å²) in [7, 11) is 0. The van der Waals surface area contributed by atoms with Gasteiger partial charge in [0.2, 0.25) is 0 Å². The molecule has 0 fully saturated rings. The second-order valence-electron chi connectivity index (χ2n) is 2.81. The van der Waals surface area contributed by atoms with Gasteiger partial charge < -0.3 is 10.3 Å². The molecule has 0 saturated heterocycles. The maximum absolute atomic E-state index is 5.42. The standard InChI is InChI=1S/C8H11N5/c9-2-1-3-13-6-12-7-4-10-5-11-8(7)13/h4-6H,1-3,9H2. The molecule has 0 aliphatic carbocycles. The van der Waals surface area contributed by atoms with Crippen molar-refractivity contribution in [1.82, 2.24) is 19.5 Å². The lowest BCUT2D eigenvalue weighted by Crippen LogP contribution is -2.05. The molecule has 0 aliphatic heterocycles. The lowest BCUT2D eigenvalue weighted by atomic mass is 10.4. The first kappa shape index (κ1) is 8.12. The molecular formula is C8H11N5. The van der Waals surface area contributed by atoms with E-state index < -0.39 is 0 Å². The molecule has 0 bridgehead atoms. The van der Waals surface area contributed by atoms with E-state index >= 15 is 0 Å². The predicted octanol–water partition coefficient (Wildman–Crippen LogP) is 0.175. The minimum Gasteiger partial charge on any atom is -0.330 e. The first-order valence-corrected chi connectivity index (χ1v) is 4.22. The second kappa shape index (κ2) is 3.49. The van der Waals surface area contributed by atoms with Crippen molar-refractivity contribution in [3.8, 4) is 0 Å². The minimum atomic E-state index is 0.685. The van der Waals surface area contributed by atoms with Crippen LogP contribution in [0.1, 0.15) is 6.42 Å². The highest BCUT2D eigenvalue weighted by Crippen LogP contribution is 2.06. The zero-order valence-corrected chi connectivity index (χ0v) is 7.22. The van der Waals surface area contributed by atoms with Gasteiger partial charge in [-0.2, -0.15) is 0 Å². The predicted molar refractivity (Wildman–Crippen MR) is 49.0 cm³/mol. The monoisotopic (exact) mass is 177 g/mol. The first-order valence-electron chi connectivity index (χ1n) is 4.22. The SMILES string of the molecule is NCCCn1cnc2cncnc21. The third kappa shape index (κ3) is 1.50. The van der Waals surface area contributed by atoms with Crippen LogP contribution in [0.15, 0.2) is 18.9 Å². The normalized spacial score (nSPS) is 10.8. The van der Waals surface area contributed by atoms with Gasteiger partial charge in [0.15, 0.2) is 5.65 Å². The number of hydrogen-bond donors (Lipinski definition) is 1. The van der Waals surface area contributed by atoms with Gasteiger partial charge in [-0.1, -0.05) is 0 Å². The molecule has 2 aromatic heterocycles. The molecule has 2 aromatic rings. The number of rotatable bonds is 3. The molecule has 5 heteroatoms. The molecule has 2 heterocycles. The second-order valence-corrected chi connectivity index (χ2v) is 2.81. The Morgan fingerprint density at radius 2 is 2.31 bits per heavy atom. The van der Waals surface area contributed by atoms with Crippen LogP contribution in [0, 0.1) is 0 Å². The highest BCUT2D eigenvalue weighted by atomic mass is 15.1. The zero-order valence-electron chi connectivity index (χ0n) is 7.22. The van der Waals surface area contributed by atoms with E-state index in [2.05, 4.69) is 15.0 Å². The van der Waals surface area contributed by atoms with Crippen LogP contribution in [-0.4, -0.2) is 26.1 Å². The van der Waals surface area contributed by atoms with Gasteiger partial charge in [-0.25, -0.2) is 15.0 Å². The molecule has 0 aromatic carbocycles. The summed E-state index contributed by atoms with van der Waals surface area (Å²) < 4.78 is 1.99. The Balaban J connectivity index is 2.35. The van der Waals surface area contributed by atoms with Gasteiger partial charge >= 0.3 is 0 Å². The maximum Gasteiger partial charge on any atom is 0.163 e. The number of imidazole rings is 1. The average Bonchev–Trinajstić information content (AvgIpc) is 2.58. The van der Waals surface area contributed by atoms with Crippen LogP contribution in [0.4, 0.5) is 0 Å². The Morgan fingerprint density at radius 1 is 1.38 bits per heavy atom. The highest BCUT2D eigenvalue weighted by Gasteiger charge is 2.01. The van der Waals surface area contributed by atoms with Gasteiger partial charge in [-0.05, 0) is 13.0 Å². The minimum absolute atomic E-state index is 0.685. The largest absolute Gasteiger partial charge is 0.330 e. The molecule has 0 aliphatic rings. The van der Waals surface area contributed by atoms with Gasteiger partial charge in [-0.3, -0.25) is 0 Å². The van der Waals surface area contributed by atoms with E-state index in [1.54, 1.807) is 12.5 Å². The van der Waals surface area contributed by atoms with Crippen molar-refractivity contribution >= 4 is 11.2 Å². The number of fused-ring (bicyclic) bond motifs is 1. The third-order valence-corrected chi connectivity index (χ3v) is 1.88. The summed E-state index contributed by atoms with van der Waals surface area (Å²) in [6.07, 6.45) is 5.95. The van der Waals surface area contributed by atoms with Gasteiger partial charge in [-0.15, -0.1) is 0 Å². The molecule has 0 unspecified atom stereocenters. The van der Waals surface area contributed by atoms with Crippen LogP contribution < -0.4 is 5.73 Å². The average molecular weight is 177 g/mol. The van der Waals surface area contributed by atoms with E-state index in [1.807, 2.05) is 4.57 Å². The van der Waals surface area contributed by atoms with Crippen molar-refractivity contribution < 1.29 is 0 Å². The molecular weight excluding hydrogens is 166 g/mol. The Morgan fingerprint density at radius 3 is 3.15 bits per heavy atom. The molecule has 0 radical (unpaired) electrons. The van der Waals surface area contributed by atoms with Crippen LogP contribution >= 0.6 is 0 Å². The summed E-state index contributed by atoms with van der Waals surface area (Å²) in [6, 6.07) is 0. The Bertz CT molecular complexity index is 394. The summed E-state index contributed by atoms with van der Waals surface area (Å²) in [5.74, 6) is 0. The number of aromatic nitrogens is 4. The van der Waals surface area contributed by atoms with E-state index in [9.17, 15) is 0 Å². The zero-order chi connectivity index (χ0) is 9.10. The van der Waals surface area contributed by atoms with Crippen LogP contribution in [0.25, 0.3) is 11.2 Å². The van der Waals surface area contributed by atoms with Gasteiger partial charge in [0.1, 0.15) is 11.8 Å². The molecule has 2 N–H and O–H groups in total. The van der Waals surface area contributed by atoms with E-state index in [0.717, 1.165) is 24.1 Å². The van der Waals surface area contributed by atoms with Crippen LogP contribution in [-0.2, 0) is 6.54 Å². The van der Waals surface area contributed by atoms with E-state index in [1.165, 1.54) is 6.33 Å². The summed E-state index contributed by atoms with van der Waals surface area (Å²) in [4.78, 5) is 12.2. The Hall–Kier alpha value is -1.49. The van der Waals surface area contributed by atoms with Crippen molar-refractivity contribution in [3.63, 3.8) is 0 Å². The van der Waals surface area contributed by atoms with Crippen LogP contribution in [0.3, 0.4) is 0 Å². The van der Waals surface area contributed by atoms with Crippen molar-refractivity contribution in [2.24, 2.45) is 5.73 Å². The fourth-order valence-electron chi connectivity index (χ4n) is 1.24. The molecule has 0 spiro atoms. The molecule has 13 heavy (non-hydrogen) atoms. The lowest BCUT2D eigenvalue weighted by molar-refractivity contribution is 0.661. The van der Waals surface area contributed by atoms with Gasteiger partial charge in [0.25, 0.3) is 0 Å². The summed E-state index contributed by atoms with van der Waals surface area (Å²) in [5, 5.41) is 0. The van der Waals surface area contributed by atoms with Crippen molar-refractivity contribution in [2.45, 2.75) is 13.0 Å². The number of nitrogens with two attached hydrogens (primary N) is 1. The molecule has 0 amide bonds. The highest BCUT2D eigenvalue weighted by molar-refractivity contribution is 5.68. The topological polar surface area (TPSA) is 69.6 Å². The summed E-state index contributed by atoms with van der Waals surface area (Å²) in [6.45, 7) is 1.55. The summed E-state index contributed by atoms with van der Waals surface area (Å²) >= 11 is 0. The van der Waals surface area contributed by atoms with Crippen molar-refractivity contribution in [2.75, 3.05) is 6.54 Å². The van der Waals surface area contributed by atoms with Crippen molar-refractivity contribution in [1.29, 1.82) is 0 Å². The molecule has 0 atom stereocenters. The fraction of sp³-hybridized carbons (Fsp3) is 0.375. The van der Waals surface area contributed by atoms with Crippen molar-refractivity contribution in [3.05, 3.63) is 18.9 Å². The molecule has 0 saturated carbocycles. The first-order chi connectivity index (χ1) is 6.42. The number of hydrogen-bond acceptors (Lipinski definition) is 4. The summed E-state index contributed by atoms with van der Waals surface area (Å²) in [5.41, 5.74) is 7.13. The maximum atomic E-state index is 5.42. The number of nitrogens with zero attached hydrogens (tertiary/aromatic N) is 4. The third-order valence-electron chi connectivity index (χ3n) is 1.88. The Kier molecular flexibility index (Phi) is 2.18. The Labute approximate surface area is 75.6 Å². The van der Waals surface area contributed by atoms with Gasteiger partial charge in [0, 0.05) is 6.54 Å². The van der Waals surface area contributed by atoms with E-state index in [4.69, 9.17) is 5.73 Å². The smallest absolute Gasteiger partial charge is 0.163 e. The molecule has 5 nitrogen and oxygen atoms in total. The van der Waals surface area contributed by atoms with Crippen LogP contribution in [0.2, 0.25) is 0 Å². The van der Waals surface area contributed by atoms with E-state index in [-0.39, 0.29) is 0 Å². The molecule has 2 rings (SSSR count). The lowest BCUT2D eigenvalue weighted by Gasteiger charge is -1.99. The quantitative estimate of drug-likeness (QED) is 0.725. The molecule has 68 valence electrons. The van der Waals surface area contributed by atoms with Crippen LogP contribution in [0.5, 0.6) is 0 Å². The van der Waals surface area contributed by atoms with Gasteiger partial charge in [0.05, 0.1) is 12.5 Å².